The summed E-state index contributed by atoms with van der Waals surface area (Å²) in [5.41, 5.74) is 0.309. The fraction of sp³-hybridized carbons (Fsp3) is 1.00. The van der Waals surface area contributed by atoms with Crippen LogP contribution in [0.5, 0.6) is 0 Å². The van der Waals surface area contributed by atoms with Crippen molar-refractivity contribution in [2.45, 2.75) is 37.7 Å². The van der Waals surface area contributed by atoms with Crippen molar-refractivity contribution in [1.29, 1.82) is 0 Å². The highest BCUT2D eigenvalue weighted by molar-refractivity contribution is 4.97. The van der Waals surface area contributed by atoms with E-state index in [-0.39, 0.29) is 0 Å². The Morgan fingerprint density at radius 3 is 2.83 bits per heavy atom. The van der Waals surface area contributed by atoms with Crippen molar-refractivity contribution < 1.29 is 4.74 Å². The van der Waals surface area contributed by atoms with Crippen molar-refractivity contribution in [2.24, 2.45) is 5.92 Å². The highest BCUT2D eigenvalue weighted by atomic mass is 16.5. The minimum atomic E-state index is 0.309. The first kappa shape index (κ1) is 8.52. The third kappa shape index (κ3) is 1.80. The zero-order valence-electron chi connectivity index (χ0n) is 7.94. The van der Waals surface area contributed by atoms with Gasteiger partial charge in [0.05, 0.1) is 5.60 Å². The Hall–Kier alpha value is -0.0800. The Morgan fingerprint density at radius 1 is 1.50 bits per heavy atom. The second-order valence-corrected chi connectivity index (χ2v) is 4.30. The molecule has 2 heteroatoms. The van der Waals surface area contributed by atoms with Gasteiger partial charge in [-0.2, -0.15) is 0 Å². The quantitative estimate of drug-likeness (QED) is 0.692. The van der Waals surface area contributed by atoms with Crippen LogP contribution in [0.1, 0.15) is 32.1 Å². The molecule has 2 rings (SSSR count). The van der Waals surface area contributed by atoms with Crippen LogP contribution in [0.4, 0.5) is 0 Å². The molecule has 1 saturated carbocycles. The summed E-state index contributed by atoms with van der Waals surface area (Å²) >= 11 is 0. The molecule has 1 unspecified atom stereocenters. The highest BCUT2D eigenvalue weighted by Gasteiger charge is 2.44. The Kier molecular flexibility index (Phi) is 2.37. The van der Waals surface area contributed by atoms with Gasteiger partial charge in [-0.1, -0.05) is 0 Å². The van der Waals surface area contributed by atoms with Gasteiger partial charge in [0.25, 0.3) is 0 Å². The first-order chi connectivity index (χ1) is 5.85. The molecule has 0 radical (unpaired) electrons. The van der Waals surface area contributed by atoms with Crippen molar-refractivity contribution in [2.75, 3.05) is 20.2 Å². The van der Waals surface area contributed by atoms with Gasteiger partial charge < -0.3 is 10.1 Å². The summed E-state index contributed by atoms with van der Waals surface area (Å²) in [5, 5.41) is 3.45. The average Bonchev–Trinajstić information content (AvgIpc) is 2.88. The lowest BCUT2D eigenvalue weighted by molar-refractivity contribution is 0.0539. The number of hydrogen-bond acceptors (Lipinski definition) is 2. The lowest BCUT2D eigenvalue weighted by Crippen LogP contribution is -2.32. The van der Waals surface area contributed by atoms with Gasteiger partial charge in [0.1, 0.15) is 0 Å². The lowest BCUT2D eigenvalue weighted by atomic mass is 9.92. The van der Waals surface area contributed by atoms with Crippen molar-refractivity contribution in [3.63, 3.8) is 0 Å². The summed E-state index contributed by atoms with van der Waals surface area (Å²) in [5.74, 6) is 0.876. The molecule has 12 heavy (non-hydrogen) atoms. The monoisotopic (exact) mass is 169 g/mol. The van der Waals surface area contributed by atoms with E-state index in [9.17, 15) is 0 Å². The van der Waals surface area contributed by atoms with E-state index in [0.717, 1.165) is 5.92 Å². The number of piperidine rings is 1. The maximum atomic E-state index is 5.52. The number of methoxy groups -OCH3 is 1. The first-order valence-electron chi connectivity index (χ1n) is 5.10. The van der Waals surface area contributed by atoms with Gasteiger partial charge in [-0.3, -0.25) is 0 Å². The Morgan fingerprint density at radius 2 is 2.33 bits per heavy atom. The van der Waals surface area contributed by atoms with Gasteiger partial charge in [-0.25, -0.2) is 0 Å². The summed E-state index contributed by atoms with van der Waals surface area (Å²) in [6.45, 7) is 2.43. The van der Waals surface area contributed by atoms with Crippen molar-refractivity contribution in [3.8, 4) is 0 Å². The van der Waals surface area contributed by atoms with Gasteiger partial charge in [0.15, 0.2) is 0 Å². The van der Waals surface area contributed by atoms with Crippen LogP contribution in [-0.4, -0.2) is 25.8 Å². The normalized spacial score (nSPS) is 33.2. The van der Waals surface area contributed by atoms with Crippen LogP contribution in [0, 0.1) is 5.92 Å². The maximum absolute atomic E-state index is 5.52. The second kappa shape index (κ2) is 3.35. The van der Waals surface area contributed by atoms with E-state index in [4.69, 9.17) is 4.74 Å². The third-order valence-electron chi connectivity index (χ3n) is 3.30. The third-order valence-corrected chi connectivity index (χ3v) is 3.30. The van der Waals surface area contributed by atoms with Crippen LogP contribution in [0.3, 0.4) is 0 Å². The van der Waals surface area contributed by atoms with E-state index in [1.54, 1.807) is 0 Å². The molecule has 1 aliphatic heterocycles. The molecule has 1 saturated heterocycles. The van der Waals surface area contributed by atoms with Gasteiger partial charge in [0.2, 0.25) is 0 Å². The van der Waals surface area contributed by atoms with Crippen molar-refractivity contribution in [1.82, 2.24) is 5.32 Å². The topological polar surface area (TPSA) is 21.3 Å². The fourth-order valence-electron chi connectivity index (χ4n) is 2.26. The molecular formula is C10H19NO. The molecule has 1 atom stereocenters. The van der Waals surface area contributed by atoms with Crippen LogP contribution in [0.15, 0.2) is 0 Å². The predicted molar refractivity (Wildman–Crippen MR) is 49.2 cm³/mol. The second-order valence-electron chi connectivity index (χ2n) is 4.30. The SMILES string of the molecule is COC1(CC2CCCNC2)CC1. The molecule has 0 bridgehead atoms. The van der Waals surface area contributed by atoms with Gasteiger partial charge in [-0.15, -0.1) is 0 Å². The highest BCUT2D eigenvalue weighted by Crippen LogP contribution is 2.45. The molecular weight excluding hydrogens is 150 g/mol. The summed E-state index contributed by atoms with van der Waals surface area (Å²) in [6, 6.07) is 0. The Labute approximate surface area is 74.7 Å². The summed E-state index contributed by atoms with van der Waals surface area (Å²) in [7, 11) is 1.86. The van der Waals surface area contributed by atoms with Gasteiger partial charge in [0, 0.05) is 7.11 Å². The smallest absolute Gasteiger partial charge is 0.0684 e. The Bertz CT molecular complexity index is 148. The maximum Gasteiger partial charge on any atom is 0.0684 e. The fourth-order valence-corrected chi connectivity index (χ4v) is 2.26. The van der Waals surface area contributed by atoms with Crippen LogP contribution in [0.2, 0.25) is 0 Å². The average molecular weight is 169 g/mol. The van der Waals surface area contributed by atoms with Crippen LogP contribution in [-0.2, 0) is 4.74 Å². The zero-order valence-corrected chi connectivity index (χ0v) is 7.94. The summed E-state index contributed by atoms with van der Waals surface area (Å²) < 4.78 is 5.52. The largest absolute Gasteiger partial charge is 0.378 e. The number of ether oxygens (including phenoxy) is 1. The predicted octanol–water partition coefficient (Wildman–Crippen LogP) is 1.56. The summed E-state index contributed by atoms with van der Waals surface area (Å²) in [6.07, 6.45) is 6.62. The van der Waals surface area contributed by atoms with E-state index < -0.39 is 0 Å². The van der Waals surface area contributed by atoms with Gasteiger partial charge >= 0.3 is 0 Å². The van der Waals surface area contributed by atoms with Crippen LogP contribution < -0.4 is 5.32 Å². The Balaban J connectivity index is 1.77. The molecule has 2 aliphatic rings. The molecule has 1 heterocycles. The molecule has 0 aromatic heterocycles. The van der Waals surface area contributed by atoms with E-state index in [0.29, 0.717) is 5.60 Å². The molecule has 0 aromatic carbocycles. The molecule has 2 fully saturated rings. The van der Waals surface area contributed by atoms with Crippen molar-refractivity contribution >= 4 is 0 Å². The molecule has 70 valence electrons. The van der Waals surface area contributed by atoms with Crippen molar-refractivity contribution in [3.05, 3.63) is 0 Å². The molecule has 2 nitrogen and oxygen atoms in total. The standard InChI is InChI=1S/C10H19NO/c1-12-10(4-5-10)7-9-3-2-6-11-8-9/h9,11H,2-8H2,1H3. The van der Waals surface area contributed by atoms with E-state index in [1.165, 1.54) is 45.2 Å². The van der Waals surface area contributed by atoms with E-state index >= 15 is 0 Å². The summed E-state index contributed by atoms with van der Waals surface area (Å²) in [4.78, 5) is 0. The van der Waals surface area contributed by atoms with E-state index in [1.807, 2.05) is 7.11 Å². The zero-order chi connectivity index (χ0) is 8.44. The minimum absolute atomic E-state index is 0.309. The molecule has 0 spiro atoms. The molecule has 0 aromatic rings. The molecule has 1 aliphatic carbocycles. The lowest BCUT2D eigenvalue weighted by Gasteiger charge is -2.26. The number of rotatable bonds is 3. The van der Waals surface area contributed by atoms with E-state index in [2.05, 4.69) is 5.32 Å². The molecule has 1 N–H and O–H groups in total. The number of nitrogens with one attached hydrogen (secondary N) is 1. The molecule has 0 amide bonds. The minimum Gasteiger partial charge on any atom is -0.378 e. The van der Waals surface area contributed by atoms with Gasteiger partial charge in [-0.05, 0) is 51.1 Å². The van der Waals surface area contributed by atoms with Crippen LogP contribution in [0.25, 0.3) is 0 Å². The number of hydrogen-bond donors (Lipinski definition) is 1. The first-order valence-corrected chi connectivity index (χ1v) is 5.10. The van der Waals surface area contributed by atoms with Crippen LogP contribution >= 0.6 is 0 Å².